The standard InChI is InChI=1S/C13H17N3O/c14-8-10-5-6-15-13(7-10)16-12-4-2-1-3-11(12)9-17/h5-7,11-12,17H,1-4,9H2,(H,15,16). The maximum atomic E-state index is 9.33. The summed E-state index contributed by atoms with van der Waals surface area (Å²) in [5.41, 5.74) is 0.610. The van der Waals surface area contributed by atoms with E-state index in [1.807, 2.05) is 0 Å². The van der Waals surface area contributed by atoms with E-state index in [2.05, 4.69) is 16.4 Å². The predicted molar refractivity (Wildman–Crippen MR) is 65.4 cm³/mol. The Bertz CT molecular complexity index is 413. The lowest BCUT2D eigenvalue weighted by Crippen LogP contribution is -2.34. The number of nitriles is 1. The highest BCUT2D eigenvalue weighted by Gasteiger charge is 2.24. The van der Waals surface area contributed by atoms with Crippen molar-refractivity contribution in [2.75, 3.05) is 11.9 Å². The average Bonchev–Trinajstić information content (AvgIpc) is 2.39. The van der Waals surface area contributed by atoms with E-state index in [4.69, 9.17) is 5.26 Å². The highest BCUT2D eigenvalue weighted by molar-refractivity contribution is 5.43. The summed E-state index contributed by atoms with van der Waals surface area (Å²) in [6.45, 7) is 0.218. The molecule has 4 nitrogen and oxygen atoms in total. The highest BCUT2D eigenvalue weighted by atomic mass is 16.3. The number of hydrogen-bond acceptors (Lipinski definition) is 4. The monoisotopic (exact) mass is 231 g/mol. The quantitative estimate of drug-likeness (QED) is 0.833. The normalized spacial score (nSPS) is 24.0. The molecule has 1 aliphatic carbocycles. The summed E-state index contributed by atoms with van der Waals surface area (Å²) in [5.74, 6) is 1.03. The molecule has 0 saturated heterocycles. The molecule has 2 atom stereocenters. The fourth-order valence-electron chi connectivity index (χ4n) is 2.39. The molecule has 1 heterocycles. The molecular weight excluding hydrogens is 214 g/mol. The second-order valence-electron chi connectivity index (χ2n) is 4.52. The molecule has 1 fully saturated rings. The average molecular weight is 231 g/mol. The molecule has 0 radical (unpaired) electrons. The molecule has 0 aliphatic heterocycles. The zero-order valence-corrected chi connectivity index (χ0v) is 9.76. The molecular formula is C13H17N3O. The molecule has 17 heavy (non-hydrogen) atoms. The van der Waals surface area contributed by atoms with Crippen LogP contribution in [0.1, 0.15) is 31.2 Å². The molecule has 2 N–H and O–H groups in total. The van der Waals surface area contributed by atoms with Gasteiger partial charge in [0.25, 0.3) is 0 Å². The van der Waals surface area contributed by atoms with Gasteiger partial charge in [-0.1, -0.05) is 12.8 Å². The molecule has 0 bridgehead atoms. The van der Waals surface area contributed by atoms with E-state index in [0.29, 0.717) is 11.5 Å². The summed E-state index contributed by atoms with van der Waals surface area (Å²) in [5, 5.41) is 21.5. The van der Waals surface area contributed by atoms with E-state index in [-0.39, 0.29) is 12.6 Å². The summed E-state index contributed by atoms with van der Waals surface area (Å²) in [6.07, 6.45) is 6.13. The maximum absolute atomic E-state index is 9.33. The first-order valence-corrected chi connectivity index (χ1v) is 6.07. The smallest absolute Gasteiger partial charge is 0.127 e. The van der Waals surface area contributed by atoms with Crippen molar-refractivity contribution >= 4 is 5.82 Å². The summed E-state index contributed by atoms with van der Waals surface area (Å²) < 4.78 is 0. The lowest BCUT2D eigenvalue weighted by Gasteiger charge is -2.31. The molecule has 1 aromatic rings. The van der Waals surface area contributed by atoms with E-state index in [1.54, 1.807) is 18.3 Å². The lowest BCUT2D eigenvalue weighted by atomic mass is 9.85. The van der Waals surface area contributed by atoms with Crippen LogP contribution in [0.15, 0.2) is 18.3 Å². The molecule has 0 amide bonds. The number of nitrogens with one attached hydrogen (secondary N) is 1. The lowest BCUT2D eigenvalue weighted by molar-refractivity contribution is 0.178. The fraction of sp³-hybridized carbons (Fsp3) is 0.538. The second kappa shape index (κ2) is 5.65. The van der Waals surface area contributed by atoms with Crippen LogP contribution in [0.4, 0.5) is 5.82 Å². The predicted octanol–water partition coefficient (Wildman–Crippen LogP) is 1.92. The van der Waals surface area contributed by atoms with Crippen LogP contribution >= 0.6 is 0 Å². The van der Waals surface area contributed by atoms with Crippen LogP contribution in [0, 0.1) is 17.2 Å². The summed E-state index contributed by atoms with van der Waals surface area (Å²) in [4.78, 5) is 4.21. The Labute approximate surface area is 101 Å². The van der Waals surface area contributed by atoms with Crippen LogP contribution in [0.25, 0.3) is 0 Å². The van der Waals surface area contributed by atoms with Crippen molar-refractivity contribution in [3.63, 3.8) is 0 Å². The zero-order valence-electron chi connectivity index (χ0n) is 9.76. The number of hydrogen-bond donors (Lipinski definition) is 2. The number of nitrogens with zero attached hydrogens (tertiary/aromatic N) is 2. The first-order valence-electron chi connectivity index (χ1n) is 6.07. The molecule has 1 aliphatic rings. The zero-order chi connectivity index (χ0) is 12.1. The van der Waals surface area contributed by atoms with Gasteiger partial charge in [-0.15, -0.1) is 0 Å². The van der Waals surface area contributed by atoms with Gasteiger partial charge in [0, 0.05) is 24.8 Å². The van der Waals surface area contributed by atoms with E-state index in [9.17, 15) is 5.11 Å². The Balaban J connectivity index is 2.06. The Hall–Kier alpha value is -1.60. The third-order valence-corrected chi connectivity index (χ3v) is 3.37. The summed E-state index contributed by atoms with van der Waals surface area (Å²) in [6, 6.07) is 5.82. The van der Waals surface area contributed by atoms with Gasteiger partial charge < -0.3 is 10.4 Å². The van der Waals surface area contributed by atoms with Gasteiger partial charge in [-0.25, -0.2) is 4.98 Å². The Morgan fingerprint density at radius 3 is 3.06 bits per heavy atom. The minimum Gasteiger partial charge on any atom is -0.396 e. The third-order valence-electron chi connectivity index (χ3n) is 3.37. The number of aliphatic hydroxyl groups excluding tert-OH is 1. The minimum atomic E-state index is 0.218. The fourth-order valence-corrected chi connectivity index (χ4v) is 2.39. The van der Waals surface area contributed by atoms with Crippen molar-refractivity contribution in [3.8, 4) is 6.07 Å². The van der Waals surface area contributed by atoms with Crippen molar-refractivity contribution in [3.05, 3.63) is 23.9 Å². The molecule has 2 rings (SSSR count). The Kier molecular flexibility index (Phi) is 3.94. The number of aromatic nitrogens is 1. The van der Waals surface area contributed by atoms with E-state index in [1.165, 1.54) is 12.8 Å². The van der Waals surface area contributed by atoms with Crippen LogP contribution in [-0.4, -0.2) is 22.7 Å². The molecule has 4 heteroatoms. The molecule has 90 valence electrons. The first kappa shape index (κ1) is 11.9. The van der Waals surface area contributed by atoms with Crippen molar-refractivity contribution in [2.24, 2.45) is 5.92 Å². The van der Waals surface area contributed by atoms with Crippen molar-refractivity contribution in [1.29, 1.82) is 5.26 Å². The largest absolute Gasteiger partial charge is 0.396 e. The number of anilines is 1. The second-order valence-corrected chi connectivity index (χ2v) is 4.52. The van der Waals surface area contributed by atoms with E-state index < -0.39 is 0 Å². The van der Waals surface area contributed by atoms with Crippen LogP contribution < -0.4 is 5.32 Å². The highest BCUT2D eigenvalue weighted by Crippen LogP contribution is 2.26. The SMILES string of the molecule is N#Cc1ccnc(NC2CCCCC2CO)c1. The number of rotatable bonds is 3. The minimum absolute atomic E-state index is 0.218. The van der Waals surface area contributed by atoms with Crippen molar-refractivity contribution < 1.29 is 5.11 Å². The van der Waals surface area contributed by atoms with Gasteiger partial charge in [-0.3, -0.25) is 0 Å². The summed E-state index contributed by atoms with van der Waals surface area (Å²) >= 11 is 0. The molecule has 1 aromatic heterocycles. The first-order chi connectivity index (χ1) is 8.33. The molecule has 0 aromatic carbocycles. The number of pyridine rings is 1. The molecule has 0 spiro atoms. The Morgan fingerprint density at radius 2 is 2.29 bits per heavy atom. The van der Waals surface area contributed by atoms with Gasteiger partial charge in [0.2, 0.25) is 0 Å². The van der Waals surface area contributed by atoms with Gasteiger partial charge >= 0.3 is 0 Å². The van der Waals surface area contributed by atoms with Crippen LogP contribution in [0.3, 0.4) is 0 Å². The topological polar surface area (TPSA) is 68.9 Å². The molecule has 2 unspecified atom stereocenters. The van der Waals surface area contributed by atoms with Crippen molar-refractivity contribution in [1.82, 2.24) is 4.98 Å². The van der Waals surface area contributed by atoms with Gasteiger partial charge in [-0.2, -0.15) is 5.26 Å². The van der Waals surface area contributed by atoms with Gasteiger partial charge in [0.05, 0.1) is 11.6 Å². The third kappa shape index (κ3) is 2.95. The van der Waals surface area contributed by atoms with Gasteiger partial charge in [0.15, 0.2) is 0 Å². The van der Waals surface area contributed by atoms with E-state index in [0.717, 1.165) is 18.7 Å². The Morgan fingerprint density at radius 1 is 1.47 bits per heavy atom. The maximum Gasteiger partial charge on any atom is 0.127 e. The van der Waals surface area contributed by atoms with Gasteiger partial charge in [0.1, 0.15) is 5.82 Å². The van der Waals surface area contributed by atoms with Crippen LogP contribution in [0.2, 0.25) is 0 Å². The molecule has 1 saturated carbocycles. The van der Waals surface area contributed by atoms with Crippen LogP contribution in [0.5, 0.6) is 0 Å². The van der Waals surface area contributed by atoms with E-state index >= 15 is 0 Å². The summed E-state index contributed by atoms with van der Waals surface area (Å²) in [7, 11) is 0. The van der Waals surface area contributed by atoms with Crippen LogP contribution in [-0.2, 0) is 0 Å². The van der Waals surface area contributed by atoms with Crippen molar-refractivity contribution in [2.45, 2.75) is 31.7 Å². The number of aliphatic hydroxyl groups is 1. The van der Waals surface area contributed by atoms with Gasteiger partial charge in [-0.05, 0) is 25.0 Å².